The van der Waals surface area contributed by atoms with Crippen molar-refractivity contribution in [1.29, 1.82) is 0 Å². The first-order chi connectivity index (χ1) is 5.75. The number of nitrogens with zero attached hydrogens (tertiary/aromatic N) is 2. The average molecular weight is 168 g/mol. The summed E-state index contributed by atoms with van der Waals surface area (Å²) in [6, 6.07) is 0.746. The van der Waals surface area contributed by atoms with Crippen molar-refractivity contribution in [2.24, 2.45) is 0 Å². The molecular formula is C7H12N4O. The number of hydrogen-bond donors (Lipinski definition) is 2. The van der Waals surface area contributed by atoms with Crippen LogP contribution in [-0.2, 0) is 0 Å². The summed E-state index contributed by atoms with van der Waals surface area (Å²) in [5.74, 6) is 0.772. The fourth-order valence-electron chi connectivity index (χ4n) is 1.10. The molecule has 0 saturated heterocycles. The highest BCUT2D eigenvalue weighted by Crippen LogP contribution is 2.23. The lowest BCUT2D eigenvalue weighted by Gasteiger charge is -2.06. The molecule has 0 aliphatic heterocycles. The summed E-state index contributed by atoms with van der Waals surface area (Å²) in [6.45, 7) is 1.99. The number of aromatic nitrogens is 2. The minimum absolute atomic E-state index is 0.113. The standard InChI is InChI=1S/C7H12N4O/c1-4(9-5-2-3-5)6-10-7(8)11-12-6/h4-5,9H,2-3H2,1H3,(H2,8,11). The predicted molar refractivity (Wildman–Crippen MR) is 43.3 cm³/mol. The van der Waals surface area contributed by atoms with Gasteiger partial charge in [0.05, 0.1) is 6.04 Å². The van der Waals surface area contributed by atoms with Crippen LogP contribution in [-0.4, -0.2) is 16.2 Å². The second-order valence-electron chi connectivity index (χ2n) is 3.15. The minimum atomic E-state index is 0.113. The molecule has 1 atom stereocenters. The predicted octanol–water partition coefficient (Wildman–Crippen LogP) is 0.465. The Morgan fingerprint density at radius 1 is 1.67 bits per heavy atom. The van der Waals surface area contributed by atoms with Crippen LogP contribution in [0.5, 0.6) is 0 Å². The Morgan fingerprint density at radius 3 is 2.92 bits per heavy atom. The van der Waals surface area contributed by atoms with Crippen LogP contribution in [0.1, 0.15) is 31.7 Å². The highest BCUT2D eigenvalue weighted by atomic mass is 16.5. The quantitative estimate of drug-likeness (QED) is 0.685. The molecule has 1 aromatic heterocycles. The van der Waals surface area contributed by atoms with Gasteiger partial charge in [-0.2, -0.15) is 4.98 Å². The SMILES string of the molecule is CC(NC1CC1)c1nc(N)no1. The van der Waals surface area contributed by atoms with Crippen LogP contribution >= 0.6 is 0 Å². The molecule has 0 radical (unpaired) electrons. The lowest BCUT2D eigenvalue weighted by atomic mass is 10.3. The largest absolute Gasteiger partial charge is 0.365 e. The topological polar surface area (TPSA) is 77.0 Å². The van der Waals surface area contributed by atoms with Crippen LogP contribution in [0, 0.1) is 0 Å². The third-order valence-electron chi connectivity index (χ3n) is 1.89. The van der Waals surface area contributed by atoms with E-state index >= 15 is 0 Å². The van der Waals surface area contributed by atoms with Gasteiger partial charge in [0.2, 0.25) is 5.89 Å². The van der Waals surface area contributed by atoms with Gasteiger partial charge in [-0.25, -0.2) is 0 Å². The number of nitrogens with one attached hydrogen (secondary N) is 1. The van der Waals surface area contributed by atoms with Crippen molar-refractivity contribution in [2.75, 3.05) is 5.73 Å². The highest BCUT2D eigenvalue weighted by Gasteiger charge is 2.25. The Morgan fingerprint density at radius 2 is 2.42 bits per heavy atom. The molecule has 1 unspecified atom stereocenters. The van der Waals surface area contributed by atoms with Gasteiger partial charge in [-0.1, -0.05) is 0 Å². The molecule has 2 rings (SSSR count). The third kappa shape index (κ3) is 1.55. The van der Waals surface area contributed by atoms with E-state index in [-0.39, 0.29) is 12.0 Å². The van der Waals surface area contributed by atoms with E-state index in [2.05, 4.69) is 15.5 Å². The minimum Gasteiger partial charge on any atom is -0.365 e. The monoisotopic (exact) mass is 168 g/mol. The second kappa shape index (κ2) is 2.75. The fourth-order valence-corrected chi connectivity index (χ4v) is 1.10. The molecule has 1 aliphatic rings. The summed E-state index contributed by atoms with van der Waals surface area (Å²) < 4.78 is 4.91. The molecule has 66 valence electrons. The molecule has 0 spiro atoms. The maximum absolute atomic E-state index is 5.32. The second-order valence-corrected chi connectivity index (χ2v) is 3.15. The lowest BCUT2D eigenvalue weighted by molar-refractivity contribution is 0.339. The zero-order valence-electron chi connectivity index (χ0n) is 6.95. The molecule has 12 heavy (non-hydrogen) atoms. The summed E-state index contributed by atoms with van der Waals surface area (Å²) in [5.41, 5.74) is 5.32. The van der Waals surface area contributed by atoms with E-state index < -0.39 is 0 Å². The Hall–Kier alpha value is -1.10. The first-order valence-corrected chi connectivity index (χ1v) is 4.11. The van der Waals surface area contributed by atoms with Gasteiger partial charge in [0, 0.05) is 6.04 Å². The molecule has 1 heterocycles. The first-order valence-electron chi connectivity index (χ1n) is 4.11. The summed E-state index contributed by atoms with van der Waals surface area (Å²) in [7, 11) is 0. The van der Waals surface area contributed by atoms with Crippen LogP contribution in [0.4, 0.5) is 5.95 Å². The van der Waals surface area contributed by atoms with Gasteiger partial charge in [0.1, 0.15) is 0 Å². The van der Waals surface area contributed by atoms with Gasteiger partial charge >= 0.3 is 0 Å². The van der Waals surface area contributed by atoms with E-state index in [0.29, 0.717) is 11.9 Å². The van der Waals surface area contributed by atoms with Gasteiger partial charge in [-0.15, -0.1) is 0 Å². The Balaban J connectivity index is 1.97. The average Bonchev–Trinajstić information content (AvgIpc) is 2.72. The Labute approximate surface area is 70.3 Å². The van der Waals surface area contributed by atoms with Crippen LogP contribution in [0.2, 0.25) is 0 Å². The summed E-state index contributed by atoms with van der Waals surface area (Å²) >= 11 is 0. The summed E-state index contributed by atoms with van der Waals surface area (Å²) in [4.78, 5) is 3.93. The maximum Gasteiger partial charge on any atom is 0.260 e. The number of nitrogen functional groups attached to an aromatic ring is 1. The van der Waals surface area contributed by atoms with E-state index in [9.17, 15) is 0 Å². The number of hydrogen-bond acceptors (Lipinski definition) is 5. The first kappa shape index (κ1) is 7.54. The van der Waals surface area contributed by atoms with Crippen LogP contribution in [0.25, 0.3) is 0 Å². The number of anilines is 1. The molecule has 1 saturated carbocycles. The van der Waals surface area contributed by atoms with Crippen LogP contribution in [0.15, 0.2) is 4.52 Å². The van der Waals surface area contributed by atoms with E-state index in [1.807, 2.05) is 6.92 Å². The zero-order valence-corrected chi connectivity index (χ0v) is 6.95. The van der Waals surface area contributed by atoms with E-state index in [1.165, 1.54) is 12.8 Å². The van der Waals surface area contributed by atoms with Crippen molar-refractivity contribution < 1.29 is 4.52 Å². The maximum atomic E-state index is 5.32. The van der Waals surface area contributed by atoms with Gasteiger partial charge in [-0.3, -0.25) is 0 Å². The lowest BCUT2D eigenvalue weighted by Crippen LogP contribution is -2.20. The van der Waals surface area contributed by atoms with Crippen LogP contribution in [0.3, 0.4) is 0 Å². The van der Waals surface area contributed by atoms with Gasteiger partial charge in [-0.05, 0) is 24.9 Å². The summed E-state index contributed by atoms with van der Waals surface area (Å²) in [6.07, 6.45) is 2.49. The normalized spacial score (nSPS) is 19.4. The molecule has 1 aliphatic carbocycles. The fraction of sp³-hybridized carbons (Fsp3) is 0.714. The van der Waals surface area contributed by atoms with Gasteiger partial charge in [0.15, 0.2) is 0 Å². The van der Waals surface area contributed by atoms with Crippen molar-refractivity contribution in [3.63, 3.8) is 0 Å². The molecule has 3 N–H and O–H groups in total. The molecule has 5 heteroatoms. The van der Waals surface area contributed by atoms with E-state index in [0.717, 1.165) is 0 Å². The highest BCUT2D eigenvalue weighted by molar-refractivity contribution is 5.11. The summed E-state index contributed by atoms with van der Waals surface area (Å²) in [5, 5.41) is 6.85. The van der Waals surface area contributed by atoms with E-state index in [1.54, 1.807) is 0 Å². The van der Waals surface area contributed by atoms with Crippen molar-refractivity contribution in [3.8, 4) is 0 Å². The third-order valence-corrected chi connectivity index (χ3v) is 1.89. The van der Waals surface area contributed by atoms with Gasteiger partial charge in [0.25, 0.3) is 5.95 Å². The molecule has 5 nitrogen and oxygen atoms in total. The molecule has 0 bridgehead atoms. The van der Waals surface area contributed by atoms with Crippen molar-refractivity contribution in [2.45, 2.75) is 31.8 Å². The van der Waals surface area contributed by atoms with Crippen molar-refractivity contribution >= 4 is 5.95 Å². The number of rotatable bonds is 3. The van der Waals surface area contributed by atoms with E-state index in [4.69, 9.17) is 10.3 Å². The molecule has 1 aromatic rings. The van der Waals surface area contributed by atoms with Crippen LogP contribution < -0.4 is 11.1 Å². The number of nitrogens with two attached hydrogens (primary N) is 1. The van der Waals surface area contributed by atoms with Crippen molar-refractivity contribution in [1.82, 2.24) is 15.5 Å². The zero-order chi connectivity index (χ0) is 8.55. The molecule has 1 fully saturated rings. The molecular weight excluding hydrogens is 156 g/mol. The Kier molecular flexibility index (Phi) is 1.73. The van der Waals surface area contributed by atoms with Gasteiger partial charge < -0.3 is 15.6 Å². The molecule has 0 amide bonds. The Bertz CT molecular complexity index is 268. The van der Waals surface area contributed by atoms with Crippen molar-refractivity contribution in [3.05, 3.63) is 5.89 Å². The molecule has 0 aromatic carbocycles. The smallest absolute Gasteiger partial charge is 0.260 e.